The monoisotopic (exact) mass is 589 g/mol. The molecule has 0 saturated carbocycles. The summed E-state index contributed by atoms with van der Waals surface area (Å²) in [6.45, 7) is 13.8. The summed E-state index contributed by atoms with van der Waals surface area (Å²) in [4.78, 5) is 14.9. The fourth-order valence-electron chi connectivity index (χ4n) is 5.35. The summed E-state index contributed by atoms with van der Waals surface area (Å²) in [5.41, 5.74) is 9.09. The average Bonchev–Trinajstić information content (AvgIpc) is 3.04. The number of aromatic nitrogens is 3. The van der Waals surface area contributed by atoms with E-state index in [1.54, 1.807) is 0 Å². The van der Waals surface area contributed by atoms with Crippen LogP contribution in [0.15, 0.2) is 127 Å². The maximum atomic E-state index is 5.01. The van der Waals surface area contributed by atoms with E-state index in [2.05, 4.69) is 137 Å². The van der Waals surface area contributed by atoms with Gasteiger partial charge in [0, 0.05) is 16.7 Å². The number of hydrogen-bond donors (Lipinski definition) is 0. The summed E-state index contributed by atoms with van der Waals surface area (Å²) in [7, 11) is -1.41. The van der Waals surface area contributed by atoms with Crippen LogP contribution in [-0.4, -0.2) is 23.0 Å². The molecule has 0 radical (unpaired) electrons. The maximum Gasteiger partial charge on any atom is 0.164 e. The van der Waals surface area contributed by atoms with Crippen LogP contribution in [0.3, 0.4) is 0 Å². The second-order valence-corrected chi connectivity index (χ2v) is 18.6. The van der Waals surface area contributed by atoms with Gasteiger partial charge in [-0.25, -0.2) is 15.0 Å². The molecule has 0 fully saturated rings. The molecule has 0 N–H and O–H groups in total. The lowest BCUT2D eigenvalue weighted by Crippen LogP contribution is -2.37. The largest absolute Gasteiger partial charge is 0.208 e. The zero-order valence-corrected chi connectivity index (χ0v) is 27.5. The maximum absolute atomic E-state index is 5.01. The van der Waals surface area contributed by atoms with Crippen molar-refractivity contribution in [3.05, 3.63) is 133 Å². The summed E-state index contributed by atoms with van der Waals surface area (Å²) in [5.74, 6) is 2.02. The average molecular weight is 590 g/mol. The lowest BCUT2D eigenvalue weighted by molar-refractivity contribution is 0.590. The molecule has 3 nitrogen and oxygen atoms in total. The molecule has 0 aliphatic carbocycles. The molecule has 1 aromatic heterocycles. The Morgan fingerprint density at radius 1 is 0.409 bits per heavy atom. The zero-order valence-electron chi connectivity index (χ0n) is 26.5. The van der Waals surface area contributed by atoms with E-state index >= 15 is 0 Å². The Balaban J connectivity index is 1.39. The first-order valence-electron chi connectivity index (χ1n) is 15.3. The Morgan fingerprint density at radius 2 is 0.818 bits per heavy atom. The van der Waals surface area contributed by atoms with E-state index in [0.717, 1.165) is 27.8 Å². The minimum Gasteiger partial charge on any atom is -0.208 e. The van der Waals surface area contributed by atoms with E-state index in [1.165, 1.54) is 21.9 Å². The van der Waals surface area contributed by atoms with Crippen LogP contribution in [0.1, 0.15) is 26.3 Å². The van der Waals surface area contributed by atoms with Crippen LogP contribution in [-0.2, 0) is 5.41 Å². The van der Waals surface area contributed by atoms with Crippen molar-refractivity contribution in [2.24, 2.45) is 0 Å². The summed E-state index contributed by atoms with van der Waals surface area (Å²) >= 11 is 0. The first-order valence-corrected chi connectivity index (χ1v) is 18.8. The minimum absolute atomic E-state index is 0.132. The Kier molecular flexibility index (Phi) is 7.87. The SMILES string of the molecule is CC(C)(C)c1ccc(-c2cccc(-c3cccc(-c4nc(-c5ccccc5)nc(-c5ccc([Si](C)(C)C)cc5)n4)c3)c2)cc1. The molecule has 0 bridgehead atoms. The van der Waals surface area contributed by atoms with Gasteiger partial charge in [-0.05, 0) is 45.4 Å². The van der Waals surface area contributed by atoms with Gasteiger partial charge in [-0.2, -0.15) is 0 Å². The van der Waals surface area contributed by atoms with Crippen LogP contribution >= 0.6 is 0 Å². The predicted octanol–water partition coefficient (Wildman–Crippen LogP) is 10.0. The molecule has 0 atom stereocenters. The lowest BCUT2D eigenvalue weighted by atomic mass is 9.86. The Bertz CT molecular complexity index is 1900. The van der Waals surface area contributed by atoms with Gasteiger partial charge in [0.1, 0.15) is 0 Å². The fourth-order valence-corrected chi connectivity index (χ4v) is 6.52. The van der Waals surface area contributed by atoms with Crippen LogP contribution in [0, 0.1) is 0 Å². The highest BCUT2D eigenvalue weighted by molar-refractivity contribution is 6.88. The third-order valence-corrected chi connectivity index (χ3v) is 10.1. The summed E-state index contributed by atoms with van der Waals surface area (Å²) in [6, 6.07) is 45.1. The summed E-state index contributed by atoms with van der Waals surface area (Å²) < 4.78 is 0. The molecule has 0 saturated heterocycles. The topological polar surface area (TPSA) is 38.7 Å². The van der Waals surface area contributed by atoms with E-state index < -0.39 is 8.07 Å². The van der Waals surface area contributed by atoms with E-state index in [4.69, 9.17) is 15.0 Å². The molecule has 218 valence electrons. The zero-order chi connectivity index (χ0) is 30.9. The minimum atomic E-state index is -1.41. The third-order valence-electron chi connectivity index (χ3n) is 8.08. The lowest BCUT2D eigenvalue weighted by Gasteiger charge is -2.19. The molecule has 6 rings (SSSR count). The van der Waals surface area contributed by atoms with E-state index in [-0.39, 0.29) is 5.41 Å². The van der Waals surface area contributed by atoms with Crippen LogP contribution in [0.4, 0.5) is 0 Å². The van der Waals surface area contributed by atoms with Gasteiger partial charge in [-0.3, -0.25) is 0 Å². The van der Waals surface area contributed by atoms with Gasteiger partial charge >= 0.3 is 0 Å². The van der Waals surface area contributed by atoms with Crippen molar-refractivity contribution in [2.45, 2.75) is 45.8 Å². The molecule has 5 aromatic carbocycles. The number of nitrogens with zero attached hydrogens (tertiary/aromatic N) is 3. The molecule has 0 aliphatic rings. The van der Waals surface area contributed by atoms with E-state index in [9.17, 15) is 0 Å². The van der Waals surface area contributed by atoms with Crippen molar-refractivity contribution >= 4 is 13.3 Å². The van der Waals surface area contributed by atoms with Gasteiger partial charge in [-0.1, -0.05) is 161 Å². The predicted molar refractivity (Wildman–Crippen MR) is 189 cm³/mol. The number of hydrogen-bond acceptors (Lipinski definition) is 3. The Hall–Kier alpha value is -4.67. The molecule has 6 aromatic rings. The van der Waals surface area contributed by atoms with Crippen LogP contribution in [0.5, 0.6) is 0 Å². The first kappa shape index (κ1) is 29.4. The summed E-state index contributed by atoms with van der Waals surface area (Å²) in [5, 5.41) is 1.42. The van der Waals surface area contributed by atoms with Gasteiger partial charge in [0.05, 0.1) is 8.07 Å². The van der Waals surface area contributed by atoms with Crippen molar-refractivity contribution in [1.29, 1.82) is 0 Å². The molecule has 0 unspecified atom stereocenters. The van der Waals surface area contributed by atoms with Crippen molar-refractivity contribution in [2.75, 3.05) is 0 Å². The van der Waals surface area contributed by atoms with Gasteiger partial charge in [0.15, 0.2) is 17.5 Å². The molecule has 4 heteroatoms. The van der Waals surface area contributed by atoms with Crippen LogP contribution in [0.2, 0.25) is 19.6 Å². The van der Waals surface area contributed by atoms with Crippen molar-refractivity contribution in [1.82, 2.24) is 15.0 Å². The fraction of sp³-hybridized carbons (Fsp3) is 0.175. The molecule has 0 spiro atoms. The van der Waals surface area contributed by atoms with Crippen LogP contribution < -0.4 is 5.19 Å². The first-order chi connectivity index (χ1) is 21.0. The van der Waals surface area contributed by atoms with Crippen LogP contribution in [0.25, 0.3) is 56.4 Å². The Morgan fingerprint density at radius 3 is 1.34 bits per heavy atom. The van der Waals surface area contributed by atoms with Crippen molar-refractivity contribution in [3.63, 3.8) is 0 Å². The van der Waals surface area contributed by atoms with Crippen molar-refractivity contribution in [3.8, 4) is 56.4 Å². The summed E-state index contributed by atoms with van der Waals surface area (Å²) in [6.07, 6.45) is 0. The molecular weight excluding hydrogens is 551 g/mol. The van der Waals surface area contributed by atoms with Gasteiger partial charge in [0.2, 0.25) is 0 Å². The smallest absolute Gasteiger partial charge is 0.164 e. The quantitative estimate of drug-likeness (QED) is 0.181. The highest BCUT2D eigenvalue weighted by Gasteiger charge is 2.18. The molecule has 1 heterocycles. The van der Waals surface area contributed by atoms with Crippen molar-refractivity contribution < 1.29 is 0 Å². The van der Waals surface area contributed by atoms with E-state index in [0.29, 0.717) is 17.5 Å². The molecule has 44 heavy (non-hydrogen) atoms. The second kappa shape index (κ2) is 11.8. The van der Waals surface area contributed by atoms with Gasteiger partial charge in [0.25, 0.3) is 0 Å². The highest BCUT2D eigenvalue weighted by Crippen LogP contribution is 2.31. The normalized spacial score (nSPS) is 11.9. The van der Waals surface area contributed by atoms with Gasteiger partial charge < -0.3 is 0 Å². The standard InChI is InChI=1S/C40H39N3Si/c1-40(2,3)35-22-18-28(19-23-35)31-14-10-15-32(26-31)33-16-11-17-34(27-33)39-42-37(29-12-8-7-9-13-29)41-38(43-39)30-20-24-36(25-21-30)44(4,5)6/h7-27H,1-6H3. The number of rotatable bonds is 6. The Labute approximate surface area is 262 Å². The molecule has 0 amide bonds. The highest BCUT2D eigenvalue weighted by atomic mass is 28.3. The third kappa shape index (κ3) is 6.46. The molecular formula is C40H39N3Si. The van der Waals surface area contributed by atoms with E-state index in [1.807, 2.05) is 30.3 Å². The second-order valence-electron chi connectivity index (χ2n) is 13.5. The van der Waals surface area contributed by atoms with Gasteiger partial charge in [-0.15, -0.1) is 0 Å². The molecule has 0 aliphatic heterocycles. The number of benzene rings is 5.